The molecule has 21 heavy (non-hydrogen) atoms. The van der Waals surface area contributed by atoms with Crippen LogP contribution in [0, 0.1) is 6.92 Å². The van der Waals surface area contributed by atoms with Gasteiger partial charge in [-0.25, -0.2) is 0 Å². The molecule has 0 aliphatic carbocycles. The second-order valence-electron chi connectivity index (χ2n) is 5.25. The van der Waals surface area contributed by atoms with E-state index in [9.17, 15) is 4.79 Å². The van der Waals surface area contributed by atoms with Crippen LogP contribution in [-0.2, 0) is 17.8 Å². The molecule has 0 unspecified atom stereocenters. The van der Waals surface area contributed by atoms with E-state index in [4.69, 9.17) is 0 Å². The lowest BCUT2D eigenvalue weighted by Gasteiger charge is -2.13. The third kappa shape index (κ3) is 5.69. The molecule has 0 radical (unpaired) electrons. The average Bonchev–Trinajstić information content (AvgIpc) is 3.08. The van der Waals surface area contributed by atoms with Crippen molar-refractivity contribution < 1.29 is 4.79 Å². The van der Waals surface area contributed by atoms with Crippen molar-refractivity contribution in [2.24, 2.45) is 0 Å². The maximum Gasteiger partial charge on any atom is 0.233 e. The molecule has 0 saturated carbocycles. The summed E-state index contributed by atoms with van der Waals surface area (Å²) in [5.41, 5.74) is 2.42. The number of carbonyl (C=O) groups is 1. The number of aryl methyl sites for hydroxylation is 1. The van der Waals surface area contributed by atoms with Crippen LogP contribution in [-0.4, -0.2) is 34.8 Å². The van der Waals surface area contributed by atoms with Crippen molar-refractivity contribution in [2.45, 2.75) is 32.9 Å². The minimum absolute atomic E-state index is 0.0359. The fourth-order valence-corrected chi connectivity index (χ4v) is 2.73. The highest BCUT2D eigenvalue weighted by Gasteiger charge is 2.06. The Balaban J connectivity index is 1.59. The Morgan fingerprint density at radius 1 is 1.52 bits per heavy atom. The molecule has 0 spiro atoms. The first-order valence-electron chi connectivity index (χ1n) is 7.13. The molecule has 2 rings (SSSR count). The van der Waals surface area contributed by atoms with Crippen LogP contribution in [0.25, 0.3) is 0 Å². The van der Waals surface area contributed by atoms with E-state index in [0.717, 1.165) is 18.5 Å². The summed E-state index contributed by atoms with van der Waals surface area (Å²) < 4.78 is 1.89. The van der Waals surface area contributed by atoms with E-state index >= 15 is 0 Å². The zero-order valence-electron chi connectivity index (χ0n) is 12.5. The molecule has 0 bridgehead atoms. The zero-order valence-corrected chi connectivity index (χ0v) is 13.3. The SMILES string of the molecule is Cc1cnn(C[C@@H](C)NCC(=O)NCCc2ccsc2)c1. The molecule has 0 saturated heterocycles. The second kappa shape index (κ2) is 7.95. The van der Waals surface area contributed by atoms with Gasteiger partial charge in [-0.2, -0.15) is 16.4 Å². The Bertz CT molecular complexity index is 550. The second-order valence-corrected chi connectivity index (χ2v) is 6.03. The molecule has 2 aromatic heterocycles. The van der Waals surface area contributed by atoms with Crippen LogP contribution in [0.15, 0.2) is 29.2 Å². The fourth-order valence-electron chi connectivity index (χ4n) is 2.02. The van der Waals surface area contributed by atoms with Crippen molar-refractivity contribution >= 4 is 17.2 Å². The molecule has 5 nitrogen and oxygen atoms in total. The predicted molar refractivity (Wildman–Crippen MR) is 85.5 cm³/mol. The lowest BCUT2D eigenvalue weighted by molar-refractivity contribution is -0.120. The maximum atomic E-state index is 11.7. The zero-order chi connectivity index (χ0) is 15.1. The predicted octanol–water partition coefficient (Wildman–Crippen LogP) is 1.59. The van der Waals surface area contributed by atoms with Crippen LogP contribution in [0.4, 0.5) is 0 Å². The van der Waals surface area contributed by atoms with E-state index in [-0.39, 0.29) is 11.9 Å². The standard InChI is InChI=1S/C15H22N4OS/c1-12-7-18-19(9-12)10-13(2)17-8-15(20)16-5-3-14-4-6-21-11-14/h4,6-7,9,11,13,17H,3,5,8,10H2,1-2H3,(H,16,20)/t13-/m1/s1. The Kier molecular flexibility index (Phi) is 5.95. The van der Waals surface area contributed by atoms with Gasteiger partial charge in [0.2, 0.25) is 5.91 Å². The van der Waals surface area contributed by atoms with Crippen LogP contribution in [0.3, 0.4) is 0 Å². The summed E-state index contributed by atoms with van der Waals surface area (Å²) in [5.74, 6) is 0.0359. The Hall–Kier alpha value is -1.66. The van der Waals surface area contributed by atoms with Gasteiger partial charge in [0.05, 0.1) is 19.3 Å². The smallest absolute Gasteiger partial charge is 0.233 e. The largest absolute Gasteiger partial charge is 0.355 e. The van der Waals surface area contributed by atoms with E-state index in [2.05, 4.69) is 39.5 Å². The van der Waals surface area contributed by atoms with Gasteiger partial charge >= 0.3 is 0 Å². The molecule has 1 atom stereocenters. The summed E-state index contributed by atoms with van der Waals surface area (Å²) in [6.07, 6.45) is 4.72. The van der Waals surface area contributed by atoms with Gasteiger partial charge in [0.1, 0.15) is 0 Å². The third-order valence-corrected chi connectivity index (χ3v) is 3.88. The molecule has 0 fully saturated rings. The van der Waals surface area contributed by atoms with Gasteiger partial charge in [-0.3, -0.25) is 9.48 Å². The topological polar surface area (TPSA) is 59.0 Å². The summed E-state index contributed by atoms with van der Waals surface area (Å²) in [5, 5.41) is 14.5. The Morgan fingerprint density at radius 3 is 3.05 bits per heavy atom. The number of carbonyl (C=O) groups excluding carboxylic acids is 1. The van der Waals surface area contributed by atoms with Gasteiger partial charge in [0, 0.05) is 18.8 Å². The number of rotatable bonds is 8. The number of nitrogens with one attached hydrogen (secondary N) is 2. The lowest BCUT2D eigenvalue weighted by atomic mass is 10.2. The minimum Gasteiger partial charge on any atom is -0.355 e. The minimum atomic E-state index is 0.0359. The van der Waals surface area contributed by atoms with Crippen molar-refractivity contribution in [1.29, 1.82) is 0 Å². The van der Waals surface area contributed by atoms with Crippen molar-refractivity contribution in [1.82, 2.24) is 20.4 Å². The highest BCUT2D eigenvalue weighted by atomic mass is 32.1. The van der Waals surface area contributed by atoms with Crippen LogP contribution >= 0.6 is 11.3 Å². The number of nitrogens with zero attached hydrogens (tertiary/aromatic N) is 2. The van der Waals surface area contributed by atoms with E-state index in [1.54, 1.807) is 11.3 Å². The molecule has 2 N–H and O–H groups in total. The van der Waals surface area contributed by atoms with Gasteiger partial charge < -0.3 is 10.6 Å². The first-order chi connectivity index (χ1) is 10.1. The van der Waals surface area contributed by atoms with E-state index < -0.39 is 0 Å². The Morgan fingerprint density at radius 2 is 2.38 bits per heavy atom. The number of amides is 1. The summed E-state index contributed by atoms with van der Waals surface area (Å²) in [4.78, 5) is 11.7. The average molecular weight is 306 g/mol. The van der Waals surface area contributed by atoms with Gasteiger partial charge in [0.25, 0.3) is 0 Å². The quantitative estimate of drug-likeness (QED) is 0.778. The van der Waals surface area contributed by atoms with E-state index in [1.165, 1.54) is 5.56 Å². The highest BCUT2D eigenvalue weighted by molar-refractivity contribution is 7.07. The van der Waals surface area contributed by atoms with E-state index in [1.807, 2.05) is 24.0 Å². The third-order valence-electron chi connectivity index (χ3n) is 3.15. The first kappa shape index (κ1) is 15.7. The van der Waals surface area contributed by atoms with Gasteiger partial charge in [-0.1, -0.05) is 0 Å². The molecular formula is C15H22N4OS. The number of hydrogen-bond acceptors (Lipinski definition) is 4. The van der Waals surface area contributed by atoms with Crippen LogP contribution in [0.1, 0.15) is 18.1 Å². The van der Waals surface area contributed by atoms with Crippen molar-refractivity contribution in [3.05, 3.63) is 40.3 Å². The molecule has 0 aromatic carbocycles. The Labute approximate surface area is 129 Å². The molecule has 2 aromatic rings. The molecular weight excluding hydrogens is 284 g/mol. The molecule has 0 aliphatic rings. The van der Waals surface area contributed by atoms with Gasteiger partial charge in [-0.05, 0) is 48.2 Å². The summed E-state index contributed by atoms with van der Waals surface area (Å²) in [6, 6.07) is 2.29. The highest BCUT2D eigenvalue weighted by Crippen LogP contribution is 2.05. The monoisotopic (exact) mass is 306 g/mol. The lowest BCUT2D eigenvalue weighted by Crippen LogP contribution is -2.40. The van der Waals surface area contributed by atoms with Gasteiger partial charge in [-0.15, -0.1) is 0 Å². The number of aromatic nitrogens is 2. The fraction of sp³-hybridized carbons (Fsp3) is 0.467. The molecule has 1 amide bonds. The molecule has 114 valence electrons. The van der Waals surface area contributed by atoms with Crippen LogP contribution in [0.2, 0.25) is 0 Å². The normalized spacial score (nSPS) is 12.3. The maximum absolute atomic E-state index is 11.7. The van der Waals surface area contributed by atoms with E-state index in [0.29, 0.717) is 13.1 Å². The van der Waals surface area contributed by atoms with Crippen LogP contribution in [0.5, 0.6) is 0 Å². The first-order valence-corrected chi connectivity index (χ1v) is 8.08. The van der Waals surface area contributed by atoms with Gasteiger partial charge in [0.15, 0.2) is 0 Å². The molecule has 2 heterocycles. The summed E-state index contributed by atoms with van der Waals surface area (Å²) in [6.45, 7) is 5.85. The molecule has 6 heteroatoms. The number of hydrogen-bond donors (Lipinski definition) is 2. The van der Waals surface area contributed by atoms with Crippen LogP contribution < -0.4 is 10.6 Å². The molecule has 0 aliphatic heterocycles. The summed E-state index contributed by atoms with van der Waals surface area (Å²) >= 11 is 1.68. The van der Waals surface area contributed by atoms with Crippen molar-refractivity contribution in [3.8, 4) is 0 Å². The summed E-state index contributed by atoms with van der Waals surface area (Å²) in [7, 11) is 0. The number of thiophene rings is 1. The van der Waals surface area contributed by atoms with Crippen molar-refractivity contribution in [3.63, 3.8) is 0 Å². The van der Waals surface area contributed by atoms with Crippen molar-refractivity contribution in [2.75, 3.05) is 13.1 Å².